The Morgan fingerprint density at radius 1 is 1.50 bits per heavy atom. The third-order valence-corrected chi connectivity index (χ3v) is 3.59. The molecule has 16 heavy (non-hydrogen) atoms. The predicted molar refractivity (Wildman–Crippen MR) is 66.8 cm³/mol. The summed E-state index contributed by atoms with van der Waals surface area (Å²) >= 11 is 9.47. The first-order valence-electron chi connectivity index (χ1n) is 5.21. The molecule has 0 bridgehead atoms. The number of Topliss-reactive ketones (excluding diaryl/α,β-unsaturated/α-hetero) is 1. The van der Waals surface area contributed by atoms with Crippen LogP contribution in [0.5, 0.6) is 0 Å². The molecule has 1 atom stereocenters. The summed E-state index contributed by atoms with van der Waals surface area (Å²) in [5.41, 5.74) is 1.01. The highest BCUT2D eigenvalue weighted by molar-refractivity contribution is 9.10. The molecule has 0 saturated carbocycles. The lowest BCUT2D eigenvalue weighted by Gasteiger charge is -2.21. The molecule has 86 valence electrons. The topological polar surface area (TPSA) is 26.3 Å². The predicted octanol–water partition coefficient (Wildman–Crippen LogP) is 3.25. The summed E-state index contributed by atoms with van der Waals surface area (Å²) in [6.07, 6.45) is 1.20. The zero-order valence-corrected chi connectivity index (χ0v) is 11.1. The van der Waals surface area contributed by atoms with E-state index in [1.54, 1.807) is 0 Å². The maximum atomic E-state index is 11.6. The lowest BCUT2D eigenvalue weighted by Crippen LogP contribution is -2.29. The van der Waals surface area contributed by atoms with Crippen LogP contribution in [0.3, 0.4) is 0 Å². The van der Waals surface area contributed by atoms with Crippen molar-refractivity contribution in [1.82, 2.24) is 0 Å². The van der Waals surface area contributed by atoms with Gasteiger partial charge in [-0.05, 0) is 24.1 Å². The number of halogens is 2. The zero-order valence-electron chi connectivity index (χ0n) is 8.71. The molecule has 1 aromatic rings. The van der Waals surface area contributed by atoms with E-state index in [4.69, 9.17) is 16.3 Å². The van der Waals surface area contributed by atoms with E-state index < -0.39 is 0 Å². The zero-order chi connectivity index (χ0) is 11.5. The van der Waals surface area contributed by atoms with E-state index in [0.29, 0.717) is 31.1 Å². The van der Waals surface area contributed by atoms with Crippen molar-refractivity contribution < 1.29 is 9.53 Å². The van der Waals surface area contributed by atoms with Crippen molar-refractivity contribution in [2.24, 2.45) is 5.92 Å². The molecule has 2 nitrogen and oxygen atoms in total. The van der Waals surface area contributed by atoms with Crippen LogP contribution < -0.4 is 0 Å². The molecular formula is C12H12BrClO2. The molecule has 1 aromatic carbocycles. The van der Waals surface area contributed by atoms with Crippen molar-refractivity contribution in [3.05, 3.63) is 33.3 Å². The summed E-state index contributed by atoms with van der Waals surface area (Å²) in [4.78, 5) is 11.6. The molecule has 1 aliphatic heterocycles. The standard InChI is InChI=1S/C12H12BrClO2/c13-10-2-1-8(11(14)6-10)5-9-7-16-4-3-12(9)15/h1-2,6,9H,3-5,7H2. The van der Waals surface area contributed by atoms with Crippen LogP contribution in [0.25, 0.3) is 0 Å². The molecule has 1 fully saturated rings. The van der Waals surface area contributed by atoms with Gasteiger partial charge in [0.1, 0.15) is 5.78 Å². The molecular weight excluding hydrogens is 291 g/mol. The van der Waals surface area contributed by atoms with Crippen molar-refractivity contribution in [3.8, 4) is 0 Å². The molecule has 0 radical (unpaired) electrons. The number of carbonyl (C=O) groups is 1. The second-order valence-corrected chi connectivity index (χ2v) is 5.25. The van der Waals surface area contributed by atoms with E-state index in [9.17, 15) is 4.79 Å². The quantitative estimate of drug-likeness (QED) is 0.838. The van der Waals surface area contributed by atoms with E-state index >= 15 is 0 Å². The smallest absolute Gasteiger partial charge is 0.140 e. The molecule has 4 heteroatoms. The number of ketones is 1. The van der Waals surface area contributed by atoms with E-state index in [2.05, 4.69) is 15.9 Å². The average molecular weight is 304 g/mol. The lowest BCUT2D eigenvalue weighted by molar-refractivity contribution is -0.130. The third kappa shape index (κ3) is 2.84. The van der Waals surface area contributed by atoms with Gasteiger partial charge in [0.25, 0.3) is 0 Å². The Hall–Kier alpha value is -0.380. The molecule has 1 aliphatic rings. The van der Waals surface area contributed by atoms with Crippen molar-refractivity contribution >= 4 is 33.3 Å². The number of benzene rings is 1. The Labute approximate surface area is 108 Å². The Kier molecular flexibility index (Phi) is 4.00. The van der Waals surface area contributed by atoms with Gasteiger partial charge in [-0.1, -0.05) is 33.6 Å². The van der Waals surface area contributed by atoms with E-state index in [0.717, 1.165) is 10.0 Å². The summed E-state index contributed by atoms with van der Waals surface area (Å²) in [7, 11) is 0. The van der Waals surface area contributed by atoms with Gasteiger partial charge in [-0.15, -0.1) is 0 Å². The molecule has 1 unspecified atom stereocenters. The van der Waals surface area contributed by atoms with Crippen LogP contribution in [-0.2, 0) is 16.0 Å². The number of carbonyl (C=O) groups excluding carboxylic acids is 1. The highest BCUT2D eigenvalue weighted by Gasteiger charge is 2.23. The SMILES string of the molecule is O=C1CCOCC1Cc1ccc(Br)cc1Cl. The van der Waals surface area contributed by atoms with Crippen molar-refractivity contribution in [3.63, 3.8) is 0 Å². The monoisotopic (exact) mass is 302 g/mol. The molecule has 0 N–H and O–H groups in total. The van der Waals surface area contributed by atoms with Gasteiger partial charge < -0.3 is 4.74 Å². The van der Waals surface area contributed by atoms with Crippen molar-refractivity contribution in [2.45, 2.75) is 12.8 Å². The summed E-state index contributed by atoms with van der Waals surface area (Å²) in [6.45, 7) is 1.08. The van der Waals surface area contributed by atoms with Crippen LogP contribution in [0.1, 0.15) is 12.0 Å². The maximum Gasteiger partial charge on any atom is 0.140 e. The number of rotatable bonds is 2. The molecule has 0 spiro atoms. The number of hydrogen-bond donors (Lipinski definition) is 0. The fraction of sp³-hybridized carbons (Fsp3) is 0.417. The van der Waals surface area contributed by atoms with Gasteiger partial charge in [0.05, 0.1) is 13.2 Å². The lowest BCUT2D eigenvalue weighted by atomic mass is 9.93. The number of ether oxygens (including phenoxy) is 1. The number of hydrogen-bond acceptors (Lipinski definition) is 2. The average Bonchev–Trinajstić information content (AvgIpc) is 2.25. The van der Waals surface area contributed by atoms with Gasteiger partial charge in [-0.3, -0.25) is 4.79 Å². The molecule has 0 amide bonds. The Morgan fingerprint density at radius 3 is 3.00 bits per heavy atom. The van der Waals surface area contributed by atoms with Gasteiger partial charge >= 0.3 is 0 Å². The highest BCUT2D eigenvalue weighted by atomic mass is 79.9. The van der Waals surface area contributed by atoms with E-state index in [-0.39, 0.29) is 11.7 Å². The van der Waals surface area contributed by atoms with Gasteiger partial charge in [-0.2, -0.15) is 0 Å². The summed E-state index contributed by atoms with van der Waals surface area (Å²) in [5.74, 6) is 0.248. The summed E-state index contributed by atoms with van der Waals surface area (Å²) in [5, 5.41) is 0.702. The first-order valence-corrected chi connectivity index (χ1v) is 6.38. The van der Waals surface area contributed by atoms with Crippen LogP contribution in [-0.4, -0.2) is 19.0 Å². The van der Waals surface area contributed by atoms with Crippen LogP contribution >= 0.6 is 27.5 Å². The minimum Gasteiger partial charge on any atom is -0.380 e. The minimum atomic E-state index is -0.0348. The van der Waals surface area contributed by atoms with Crippen molar-refractivity contribution in [2.75, 3.05) is 13.2 Å². The molecule has 1 saturated heterocycles. The second-order valence-electron chi connectivity index (χ2n) is 3.93. The van der Waals surface area contributed by atoms with Crippen LogP contribution in [0, 0.1) is 5.92 Å². The van der Waals surface area contributed by atoms with Crippen LogP contribution in [0.4, 0.5) is 0 Å². The second kappa shape index (κ2) is 5.30. The molecule has 0 aliphatic carbocycles. The van der Waals surface area contributed by atoms with Crippen molar-refractivity contribution in [1.29, 1.82) is 0 Å². The summed E-state index contributed by atoms with van der Waals surface area (Å²) < 4.78 is 6.27. The maximum absolute atomic E-state index is 11.6. The normalized spacial score (nSPS) is 21.1. The largest absolute Gasteiger partial charge is 0.380 e. The first kappa shape index (κ1) is 12.1. The molecule has 2 rings (SSSR count). The van der Waals surface area contributed by atoms with Gasteiger partial charge in [0.2, 0.25) is 0 Å². The Balaban J connectivity index is 2.10. The van der Waals surface area contributed by atoms with Crippen LogP contribution in [0.2, 0.25) is 5.02 Å². The fourth-order valence-electron chi connectivity index (χ4n) is 1.82. The molecule has 1 heterocycles. The van der Waals surface area contributed by atoms with E-state index in [1.807, 2.05) is 18.2 Å². The van der Waals surface area contributed by atoms with Gasteiger partial charge in [0.15, 0.2) is 0 Å². The Bertz CT molecular complexity index is 406. The minimum absolute atomic E-state index is 0.0348. The highest BCUT2D eigenvalue weighted by Crippen LogP contribution is 2.25. The van der Waals surface area contributed by atoms with E-state index in [1.165, 1.54) is 0 Å². The first-order chi connectivity index (χ1) is 7.66. The molecule has 0 aromatic heterocycles. The van der Waals surface area contributed by atoms with Gasteiger partial charge in [0, 0.05) is 21.8 Å². The summed E-state index contributed by atoms with van der Waals surface area (Å²) in [6, 6.07) is 5.74. The van der Waals surface area contributed by atoms with Crippen LogP contribution in [0.15, 0.2) is 22.7 Å². The Morgan fingerprint density at radius 2 is 2.31 bits per heavy atom. The third-order valence-electron chi connectivity index (χ3n) is 2.75. The van der Waals surface area contributed by atoms with Gasteiger partial charge in [-0.25, -0.2) is 0 Å². The fourth-order valence-corrected chi connectivity index (χ4v) is 2.57.